The van der Waals surface area contributed by atoms with Gasteiger partial charge in [0.15, 0.2) is 5.65 Å². The second-order valence-electron chi connectivity index (χ2n) is 7.99. The minimum atomic E-state index is 0.136. The van der Waals surface area contributed by atoms with Crippen LogP contribution in [0.15, 0.2) is 30.5 Å². The van der Waals surface area contributed by atoms with Crippen LogP contribution in [0.2, 0.25) is 0 Å². The smallest absolute Gasteiger partial charge is 0.322 e. The Morgan fingerprint density at radius 3 is 2.69 bits per heavy atom. The molecule has 4 rings (SSSR count). The highest BCUT2D eigenvalue weighted by molar-refractivity contribution is 5.54. The number of nitrogens with one attached hydrogen (secondary N) is 1. The van der Waals surface area contributed by atoms with Crippen molar-refractivity contribution in [2.45, 2.75) is 45.3 Å². The van der Waals surface area contributed by atoms with Crippen molar-refractivity contribution in [3.8, 4) is 6.01 Å². The number of fused-ring (bicyclic) bond motifs is 1. The number of rotatable bonds is 6. The lowest BCUT2D eigenvalue weighted by molar-refractivity contribution is 0.105. The summed E-state index contributed by atoms with van der Waals surface area (Å²) in [6.45, 7) is 6.86. The molecule has 0 aliphatic carbocycles. The van der Waals surface area contributed by atoms with Crippen LogP contribution in [0.1, 0.15) is 43.7 Å². The number of benzene rings is 1. The number of aromatic nitrogens is 4. The average Bonchev–Trinajstić information content (AvgIpc) is 3.13. The van der Waals surface area contributed by atoms with Gasteiger partial charge in [0, 0.05) is 30.9 Å². The third-order valence-corrected chi connectivity index (χ3v) is 5.43. The van der Waals surface area contributed by atoms with Crippen LogP contribution >= 0.6 is 0 Å². The molecule has 1 fully saturated rings. The van der Waals surface area contributed by atoms with Crippen molar-refractivity contribution in [1.82, 2.24) is 24.5 Å². The molecule has 0 amide bonds. The Bertz CT molecular complexity index is 976. The summed E-state index contributed by atoms with van der Waals surface area (Å²) in [7, 11) is 2.14. The molecule has 1 aromatic carbocycles. The van der Waals surface area contributed by atoms with E-state index in [0.29, 0.717) is 24.4 Å². The van der Waals surface area contributed by atoms with Gasteiger partial charge in [0.25, 0.3) is 0 Å². The van der Waals surface area contributed by atoms with Gasteiger partial charge in [0.1, 0.15) is 6.10 Å². The average molecular weight is 396 g/mol. The SMILES string of the molecule is CC(C)c1cnn2c(NCc3ccccc3N)nc(OC3CCN(C)CC3)nc12. The van der Waals surface area contributed by atoms with Crippen LogP contribution in [0.25, 0.3) is 5.65 Å². The van der Waals surface area contributed by atoms with E-state index in [1.165, 1.54) is 0 Å². The summed E-state index contributed by atoms with van der Waals surface area (Å²) in [5.74, 6) is 0.907. The number of ether oxygens (including phenoxy) is 1. The molecule has 154 valence electrons. The summed E-state index contributed by atoms with van der Waals surface area (Å²) in [6.07, 6.45) is 3.95. The fraction of sp³-hybridized carbons (Fsp3) is 0.476. The maximum atomic E-state index is 6.18. The van der Waals surface area contributed by atoms with E-state index >= 15 is 0 Å². The molecule has 1 aliphatic heterocycles. The van der Waals surface area contributed by atoms with Crippen LogP contribution in [0.3, 0.4) is 0 Å². The maximum Gasteiger partial charge on any atom is 0.322 e. The van der Waals surface area contributed by atoms with E-state index in [9.17, 15) is 0 Å². The number of hydrogen-bond acceptors (Lipinski definition) is 7. The number of anilines is 2. The number of likely N-dealkylation sites (tertiary alicyclic amines) is 1. The van der Waals surface area contributed by atoms with Gasteiger partial charge < -0.3 is 20.7 Å². The molecule has 1 saturated heterocycles. The van der Waals surface area contributed by atoms with E-state index in [0.717, 1.165) is 48.4 Å². The fourth-order valence-corrected chi connectivity index (χ4v) is 3.57. The summed E-state index contributed by atoms with van der Waals surface area (Å²) in [6, 6.07) is 8.20. The largest absolute Gasteiger partial charge is 0.460 e. The predicted molar refractivity (Wildman–Crippen MR) is 114 cm³/mol. The lowest BCUT2D eigenvalue weighted by Gasteiger charge is -2.28. The van der Waals surface area contributed by atoms with E-state index in [1.807, 2.05) is 30.5 Å². The van der Waals surface area contributed by atoms with Crippen molar-refractivity contribution in [1.29, 1.82) is 0 Å². The van der Waals surface area contributed by atoms with Crippen molar-refractivity contribution in [3.63, 3.8) is 0 Å². The molecular weight excluding hydrogens is 366 g/mol. The maximum absolute atomic E-state index is 6.18. The summed E-state index contributed by atoms with van der Waals surface area (Å²) in [4.78, 5) is 11.6. The minimum Gasteiger partial charge on any atom is -0.460 e. The molecule has 3 N–H and O–H groups in total. The Hall–Kier alpha value is -2.87. The molecule has 3 heterocycles. The van der Waals surface area contributed by atoms with Gasteiger partial charge in [0.2, 0.25) is 5.95 Å². The molecule has 2 aromatic heterocycles. The fourth-order valence-electron chi connectivity index (χ4n) is 3.57. The van der Waals surface area contributed by atoms with Crippen molar-refractivity contribution >= 4 is 17.3 Å². The zero-order valence-corrected chi connectivity index (χ0v) is 17.3. The topological polar surface area (TPSA) is 93.6 Å². The summed E-state index contributed by atoms with van der Waals surface area (Å²) in [5.41, 5.74) is 9.69. The molecule has 0 bridgehead atoms. The third kappa shape index (κ3) is 4.27. The number of piperidine rings is 1. The molecular formula is C21H29N7O. The quantitative estimate of drug-likeness (QED) is 0.620. The summed E-state index contributed by atoms with van der Waals surface area (Å²) in [5, 5.41) is 7.87. The molecule has 1 aliphatic rings. The van der Waals surface area contributed by atoms with Gasteiger partial charge in [-0.05, 0) is 37.4 Å². The highest BCUT2D eigenvalue weighted by Crippen LogP contribution is 2.24. The standard InChI is InChI=1S/C21H29N7O/c1-14(2)17-13-24-28-19(17)25-21(29-16-8-10-27(3)11-9-16)26-20(28)23-12-15-6-4-5-7-18(15)22/h4-7,13-14,16H,8-12,22H2,1-3H3,(H,23,25,26). The molecule has 29 heavy (non-hydrogen) atoms. The molecule has 8 heteroatoms. The lowest BCUT2D eigenvalue weighted by Crippen LogP contribution is -2.36. The second kappa shape index (κ2) is 8.24. The molecule has 0 radical (unpaired) electrons. The number of hydrogen-bond donors (Lipinski definition) is 2. The molecule has 0 atom stereocenters. The van der Waals surface area contributed by atoms with Crippen LogP contribution in [-0.2, 0) is 6.54 Å². The number of nitrogen functional groups attached to an aromatic ring is 1. The first kappa shape index (κ1) is 19.4. The van der Waals surface area contributed by atoms with Crippen LogP contribution in [0, 0.1) is 0 Å². The minimum absolute atomic E-state index is 0.136. The number of nitrogens with zero attached hydrogens (tertiary/aromatic N) is 5. The van der Waals surface area contributed by atoms with Gasteiger partial charge in [-0.2, -0.15) is 19.6 Å². The molecule has 3 aromatic rings. The van der Waals surface area contributed by atoms with Crippen molar-refractivity contribution in [3.05, 3.63) is 41.6 Å². The van der Waals surface area contributed by atoms with Gasteiger partial charge in [-0.25, -0.2) is 0 Å². The second-order valence-corrected chi connectivity index (χ2v) is 7.99. The van der Waals surface area contributed by atoms with Crippen molar-refractivity contribution < 1.29 is 4.74 Å². The zero-order valence-electron chi connectivity index (χ0n) is 17.3. The van der Waals surface area contributed by atoms with Gasteiger partial charge in [0.05, 0.1) is 6.20 Å². The van der Waals surface area contributed by atoms with Crippen LogP contribution < -0.4 is 15.8 Å². The van der Waals surface area contributed by atoms with Gasteiger partial charge in [-0.1, -0.05) is 32.0 Å². The van der Waals surface area contributed by atoms with E-state index in [-0.39, 0.29) is 6.10 Å². The Kier molecular flexibility index (Phi) is 5.53. The molecule has 0 spiro atoms. The summed E-state index contributed by atoms with van der Waals surface area (Å²) < 4.78 is 7.92. The van der Waals surface area contributed by atoms with Crippen molar-refractivity contribution in [2.24, 2.45) is 0 Å². The Morgan fingerprint density at radius 1 is 1.21 bits per heavy atom. The normalized spacial score (nSPS) is 15.9. The van der Waals surface area contributed by atoms with Crippen molar-refractivity contribution in [2.75, 3.05) is 31.2 Å². The van der Waals surface area contributed by atoms with E-state index in [4.69, 9.17) is 15.5 Å². The van der Waals surface area contributed by atoms with E-state index in [1.54, 1.807) is 4.52 Å². The van der Waals surface area contributed by atoms with E-state index in [2.05, 4.69) is 41.2 Å². The van der Waals surface area contributed by atoms with Gasteiger partial charge in [-0.15, -0.1) is 0 Å². The van der Waals surface area contributed by atoms with Crippen LogP contribution in [0.5, 0.6) is 6.01 Å². The highest BCUT2D eigenvalue weighted by atomic mass is 16.5. The van der Waals surface area contributed by atoms with Gasteiger partial charge >= 0.3 is 6.01 Å². The van der Waals surface area contributed by atoms with Gasteiger partial charge in [-0.3, -0.25) is 0 Å². The Morgan fingerprint density at radius 2 is 1.97 bits per heavy atom. The Balaban J connectivity index is 1.63. The molecule has 0 unspecified atom stereocenters. The molecule has 0 saturated carbocycles. The monoisotopic (exact) mass is 395 g/mol. The van der Waals surface area contributed by atoms with Crippen LogP contribution in [0.4, 0.5) is 11.6 Å². The first-order valence-electron chi connectivity index (χ1n) is 10.2. The summed E-state index contributed by atoms with van der Waals surface area (Å²) >= 11 is 0. The zero-order chi connectivity index (χ0) is 20.4. The molecule has 8 nitrogen and oxygen atoms in total. The third-order valence-electron chi connectivity index (χ3n) is 5.43. The number of nitrogens with two attached hydrogens (primary N) is 1. The highest BCUT2D eigenvalue weighted by Gasteiger charge is 2.21. The predicted octanol–water partition coefficient (Wildman–Crippen LogP) is 2.92. The van der Waals surface area contributed by atoms with E-state index < -0.39 is 0 Å². The Labute approximate surface area is 171 Å². The first-order chi connectivity index (χ1) is 14.0. The lowest BCUT2D eigenvalue weighted by atomic mass is 10.1. The van der Waals surface area contributed by atoms with Crippen LogP contribution in [-0.4, -0.2) is 50.7 Å². The first-order valence-corrected chi connectivity index (χ1v) is 10.2. The number of para-hydroxylation sites is 1.